The minimum absolute atomic E-state index is 0.0368. The number of hydrogen-bond acceptors (Lipinski definition) is 5. The molecule has 3 amide bonds. The minimum Gasteiger partial charge on any atom is -0.342 e. The predicted octanol–water partition coefficient (Wildman–Crippen LogP) is 2.14. The first-order chi connectivity index (χ1) is 13.0. The van der Waals surface area contributed by atoms with E-state index < -0.39 is 0 Å². The van der Waals surface area contributed by atoms with Crippen LogP contribution in [0, 0.1) is 12.8 Å². The molecule has 2 aromatic rings. The molecule has 7 nitrogen and oxygen atoms in total. The largest absolute Gasteiger partial charge is 0.342 e. The highest BCUT2D eigenvalue weighted by Crippen LogP contribution is 2.27. The first kappa shape index (κ1) is 19.0. The minimum atomic E-state index is -0.389. The zero-order valence-corrected chi connectivity index (χ0v) is 16.1. The van der Waals surface area contributed by atoms with E-state index in [1.165, 1.54) is 18.3 Å². The molecule has 0 spiro atoms. The lowest BCUT2D eigenvalue weighted by Gasteiger charge is -2.31. The van der Waals surface area contributed by atoms with E-state index in [1.807, 2.05) is 30.3 Å². The second-order valence-corrected chi connectivity index (χ2v) is 7.55. The molecule has 142 valence electrons. The molecule has 8 heteroatoms. The van der Waals surface area contributed by atoms with Crippen molar-refractivity contribution in [2.75, 3.05) is 13.1 Å². The van der Waals surface area contributed by atoms with Crippen LogP contribution in [0.2, 0.25) is 0 Å². The molecule has 1 saturated heterocycles. The Hall–Kier alpha value is -2.74. The molecule has 1 atom stereocenters. The maximum atomic E-state index is 12.5. The van der Waals surface area contributed by atoms with Gasteiger partial charge in [0, 0.05) is 25.6 Å². The van der Waals surface area contributed by atoms with E-state index in [-0.39, 0.29) is 23.6 Å². The fourth-order valence-electron chi connectivity index (χ4n) is 3.07. The summed E-state index contributed by atoms with van der Waals surface area (Å²) in [6.07, 6.45) is 1.48. The van der Waals surface area contributed by atoms with Crippen molar-refractivity contribution in [1.29, 1.82) is 0 Å². The molecular weight excluding hydrogens is 364 g/mol. The quantitative estimate of drug-likeness (QED) is 0.791. The summed E-state index contributed by atoms with van der Waals surface area (Å²) in [6, 6.07) is 9.63. The number of aryl methyl sites for hydroxylation is 1. The normalized spacial score (nSPS) is 16.7. The molecule has 0 unspecified atom stereocenters. The molecule has 3 rings (SSSR count). The molecule has 0 aliphatic carbocycles. The van der Waals surface area contributed by atoms with Gasteiger partial charge in [0.25, 0.3) is 5.91 Å². The van der Waals surface area contributed by atoms with Crippen LogP contribution >= 0.6 is 11.3 Å². The Balaban J connectivity index is 1.60. The number of carbonyl (C=O) groups is 3. The van der Waals surface area contributed by atoms with Gasteiger partial charge in [0.2, 0.25) is 11.8 Å². The number of aromatic nitrogens is 1. The van der Waals surface area contributed by atoms with Gasteiger partial charge in [-0.2, -0.15) is 0 Å². The predicted molar refractivity (Wildman–Crippen MR) is 103 cm³/mol. The van der Waals surface area contributed by atoms with Crippen molar-refractivity contribution in [3.05, 3.63) is 40.9 Å². The van der Waals surface area contributed by atoms with Crippen molar-refractivity contribution < 1.29 is 14.4 Å². The van der Waals surface area contributed by atoms with Crippen molar-refractivity contribution in [3.8, 4) is 10.6 Å². The van der Waals surface area contributed by atoms with Crippen LogP contribution in [0.1, 0.15) is 35.1 Å². The molecular formula is C19H22N4O3S. The first-order valence-electron chi connectivity index (χ1n) is 8.84. The van der Waals surface area contributed by atoms with Crippen molar-refractivity contribution >= 4 is 29.1 Å². The van der Waals surface area contributed by atoms with Gasteiger partial charge in [0.05, 0.1) is 11.6 Å². The van der Waals surface area contributed by atoms with E-state index in [0.29, 0.717) is 30.1 Å². The maximum Gasteiger partial charge on any atom is 0.281 e. The number of likely N-dealkylation sites (tertiary alicyclic amines) is 1. The third-order valence-corrected chi connectivity index (χ3v) is 5.77. The number of benzene rings is 1. The average Bonchev–Trinajstić information content (AvgIpc) is 3.08. The number of amides is 3. The number of piperidine rings is 1. The fourth-order valence-corrected chi connectivity index (χ4v) is 4.03. The zero-order chi connectivity index (χ0) is 19.4. The van der Waals surface area contributed by atoms with Gasteiger partial charge < -0.3 is 4.90 Å². The summed E-state index contributed by atoms with van der Waals surface area (Å²) in [5.74, 6) is -1.02. The molecule has 1 aromatic heterocycles. The van der Waals surface area contributed by atoms with Crippen LogP contribution in [0.15, 0.2) is 30.3 Å². The van der Waals surface area contributed by atoms with Crippen LogP contribution in [0.3, 0.4) is 0 Å². The van der Waals surface area contributed by atoms with Crippen LogP contribution in [-0.4, -0.2) is 40.7 Å². The highest BCUT2D eigenvalue weighted by atomic mass is 32.1. The maximum absolute atomic E-state index is 12.5. The van der Waals surface area contributed by atoms with Crippen molar-refractivity contribution in [2.24, 2.45) is 5.92 Å². The first-order valence-corrected chi connectivity index (χ1v) is 9.66. The molecule has 0 bridgehead atoms. The number of carbonyl (C=O) groups excluding carboxylic acids is 3. The van der Waals surface area contributed by atoms with Crippen molar-refractivity contribution in [1.82, 2.24) is 20.7 Å². The standard InChI is InChI=1S/C19H22N4O3S/c1-12-16(27-19(20-12)14-7-4-3-5-8-14)18(26)22-21-17(25)15-9-6-10-23(11-15)13(2)24/h3-5,7-8,15H,6,9-11H2,1-2H3,(H,21,25)(H,22,26)/t15-/m1/s1. The number of hydrogen-bond donors (Lipinski definition) is 2. The Kier molecular flexibility index (Phi) is 5.85. The van der Waals surface area contributed by atoms with Crippen molar-refractivity contribution in [3.63, 3.8) is 0 Å². The highest BCUT2D eigenvalue weighted by molar-refractivity contribution is 7.17. The van der Waals surface area contributed by atoms with Gasteiger partial charge in [0.15, 0.2) is 0 Å². The molecule has 0 saturated carbocycles. The van der Waals surface area contributed by atoms with E-state index in [1.54, 1.807) is 11.8 Å². The number of nitrogens with one attached hydrogen (secondary N) is 2. The molecule has 1 aliphatic heterocycles. The van der Waals surface area contributed by atoms with E-state index >= 15 is 0 Å². The lowest BCUT2D eigenvalue weighted by atomic mass is 9.97. The molecule has 2 N–H and O–H groups in total. The zero-order valence-electron chi connectivity index (χ0n) is 15.3. The molecule has 1 aromatic carbocycles. The van der Waals surface area contributed by atoms with E-state index in [4.69, 9.17) is 0 Å². The molecule has 1 aliphatic rings. The fraction of sp³-hybridized carbons (Fsp3) is 0.368. The molecule has 2 heterocycles. The summed E-state index contributed by atoms with van der Waals surface area (Å²) >= 11 is 1.28. The average molecular weight is 386 g/mol. The smallest absolute Gasteiger partial charge is 0.281 e. The van der Waals surface area contributed by atoms with Crippen molar-refractivity contribution in [2.45, 2.75) is 26.7 Å². The monoisotopic (exact) mass is 386 g/mol. The van der Waals surface area contributed by atoms with Crippen LogP contribution in [-0.2, 0) is 9.59 Å². The summed E-state index contributed by atoms with van der Waals surface area (Å²) in [6.45, 7) is 4.33. The Bertz CT molecular complexity index is 850. The van der Waals surface area contributed by atoms with Crippen LogP contribution < -0.4 is 10.9 Å². The van der Waals surface area contributed by atoms with Crippen LogP contribution in [0.25, 0.3) is 10.6 Å². The lowest BCUT2D eigenvalue weighted by Crippen LogP contribution is -2.49. The van der Waals surface area contributed by atoms with Gasteiger partial charge in [-0.25, -0.2) is 4.98 Å². The van der Waals surface area contributed by atoms with Gasteiger partial charge in [-0.1, -0.05) is 30.3 Å². The molecule has 1 fully saturated rings. The third kappa shape index (κ3) is 4.51. The van der Waals surface area contributed by atoms with E-state index in [9.17, 15) is 14.4 Å². The second kappa shape index (κ2) is 8.30. The topological polar surface area (TPSA) is 91.4 Å². The highest BCUT2D eigenvalue weighted by Gasteiger charge is 2.27. The van der Waals surface area contributed by atoms with E-state index in [0.717, 1.165) is 17.0 Å². The van der Waals surface area contributed by atoms with Gasteiger partial charge in [-0.05, 0) is 19.8 Å². The Labute approximate surface area is 161 Å². The van der Waals surface area contributed by atoms with E-state index in [2.05, 4.69) is 15.8 Å². The summed E-state index contributed by atoms with van der Waals surface area (Å²) < 4.78 is 0. The van der Waals surface area contributed by atoms with Crippen LogP contribution in [0.4, 0.5) is 0 Å². The lowest BCUT2D eigenvalue weighted by molar-refractivity contribution is -0.134. The SMILES string of the molecule is CC(=O)N1CCC[C@@H](C(=O)NNC(=O)c2sc(-c3ccccc3)nc2C)C1. The number of thiazole rings is 1. The Morgan fingerprint density at radius 2 is 1.93 bits per heavy atom. The van der Waals surface area contributed by atoms with Gasteiger partial charge in [-0.15, -0.1) is 11.3 Å². The number of hydrazine groups is 1. The molecule has 0 radical (unpaired) electrons. The van der Waals surface area contributed by atoms with Gasteiger partial charge in [-0.3, -0.25) is 25.2 Å². The second-order valence-electron chi connectivity index (χ2n) is 6.55. The van der Waals surface area contributed by atoms with Gasteiger partial charge >= 0.3 is 0 Å². The number of nitrogens with zero attached hydrogens (tertiary/aromatic N) is 2. The summed E-state index contributed by atoms with van der Waals surface area (Å²) in [4.78, 5) is 42.9. The summed E-state index contributed by atoms with van der Waals surface area (Å²) in [5, 5.41) is 0.758. The molecule has 27 heavy (non-hydrogen) atoms. The van der Waals surface area contributed by atoms with Gasteiger partial charge in [0.1, 0.15) is 9.88 Å². The number of rotatable bonds is 3. The summed E-state index contributed by atoms with van der Waals surface area (Å²) in [7, 11) is 0. The Morgan fingerprint density at radius 3 is 2.63 bits per heavy atom. The summed E-state index contributed by atoms with van der Waals surface area (Å²) in [5.41, 5.74) is 6.52. The van der Waals surface area contributed by atoms with Crippen LogP contribution in [0.5, 0.6) is 0 Å². The third-order valence-electron chi connectivity index (χ3n) is 4.56. The Morgan fingerprint density at radius 1 is 1.19 bits per heavy atom.